The summed E-state index contributed by atoms with van der Waals surface area (Å²) in [7, 11) is 0. The highest BCUT2D eigenvalue weighted by Gasteiger charge is 2.08. The monoisotopic (exact) mass is 423 g/mol. The third kappa shape index (κ3) is 5.32. The average Bonchev–Trinajstić information content (AvgIpc) is 2.70. The highest BCUT2D eigenvalue weighted by molar-refractivity contribution is 9.10. The lowest BCUT2D eigenvalue weighted by molar-refractivity contribution is 0.0734. The van der Waals surface area contributed by atoms with Gasteiger partial charge in [0, 0.05) is 16.9 Å². The third-order valence-electron chi connectivity index (χ3n) is 3.47. The number of hydrogen-bond acceptors (Lipinski definition) is 5. The summed E-state index contributed by atoms with van der Waals surface area (Å²) < 4.78 is 6.21. The molecule has 0 saturated carbocycles. The van der Waals surface area contributed by atoms with Crippen molar-refractivity contribution in [1.82, 2.24) is 10.4 Å². The van der Waals surface area contributed by atoms with Gasteiger partial charge in [-0.25, -0.2) is 10.2 Å². The zero-order valence-electron chi connectivity index (χ0n) is 14.0. The van der Waals surface area contributed by atoms with Gasteiger partial charge in [0.25, 0.3) is 5.91 Å². The van der Waals surface area contributed by atoms with Gasteiger partial charge < -0.3 is 4.74 Å². The van der Waals surface area contributed by atoms with E-state index < -0.39 is 5.97 Å². The Morgan fingerprint density at radius 1 is 1.00 bits per heavy atom. The summed E-state index contributed by atoms with van der Waals surface area (Å²) in [5.41, 5.74) is 4.04. The summed E-state index contributed by atoms with van der Waals surface area (Å²) in [6, 6.07) is 17.0. The number of carbonyl (C=O) groups is 2. The van der Waals surface area contributed by atoms with E-state index in [-0.39, 0.29) is 5.91 Å². The molecule has 0 unspecified atom stereocenters. The fraction of sp³-hybridized carbons (Fsp3) is 0. The van der Waals surface area contributed by atoms with E-state index in [1.165, 1.54) is 12.4 Å². The van der Waals surface area contributed by atoms with E-state index in [9.17, 15) is 9.59 Å². The molecule has 1 aromatic heterocycles. The number of amides is 1. The first kappa shape index (κ1) is 18.5. The molecule has 27 heavy (non-hydrogen) atoms. The maximum Gasteiger partial charge on any atom is 0.343 e. The second-order valence-corrected chi connectivity index (χ2v) is 6.32. The van der Waals surface area contributed by atoms with E-state index in [2.05, 4.69) is 31.4 Å². The molecule has 0 aliphatic heterocycles. The molecular formula is C20H14BrN3O3. The summed E-state index contributed by atoms with van der Waals surface area (Å²) in [4.78, 5) is 27.8. The fourth-order valence-electron chi connectivity index (χ4n) is 2.10. The van der Waals surface area contributed by atoms with Crippen LogP contribution in [-0.2, 0) is 0 Å². The molecule has 1 heterocycles. The summed E-state index contributed by atoms with van der Waals surface area (Å²) in [5.74, 6) is -0.369. The van der Waals surface area contributed by atoms with Crippen LogP contribution in [0, 0.1) is 0 Å². The van der Waals surface area contributed by atoms with Gasteiger partial charge in [-0.2, -0.15) is 5.10 Å². The highest BCUT2D eigenvalue weighted by Crippen LogP contribution is 2.15. The van der Waals surface area contributed by atoms with E-state index in [1.54, 1.807) is 66.9 Å². The molecule has 0 aliphatic carbocycles. The number of hydrogen-bond donors (Lipinski definition) is 1. The quantitative estimate of drug-likeness (QED) is 0.292. The molecule has 0 saturated heterocycles. The van der Waals surface area contributed by atoms with Crippen molar-refractivity contribution in [3.05, 3.63) is 94.2 Å². The Balaban J connectivity index is 1.56. The van der Waals surface area contributed by atoms with Crippen LogP contribution >= 0.6 is 15.9 Å². The maximum absolute atomic E-state index is 12.1. The predicted octanol–water partition coefficient (Wildman–Crippen LogP) is 3.83. The van der Waals surface area contributed by atoms with Crippen molar-refractivity contribution in [1.29, 1.82) is 0 Å². The van der Waals surface area contributed by atoms with Crippen molar-refractivity contribution in [3.63, 3.8) is 0 Å². The van der Waals surface area contributed by atoms with Gasteiger partial charge in [-0.05, 0) is 66.2 Å². The molecule has 2 aromatic carbocycles. The van der Waals surface area contributed by atoms with E-state index in [1.807, 2.05) is 0 Å². The largest absolute Gasteiger partial charge is 0.423 e. The molecule has 0 spiro atoms. The second-order valence-electron chi connectivity index (χ2n) is 5.41. The van der Waals surface area contributed by atoms with Crippen LogP contribution < -0.4 is 10.2 Å². The molecule has 3 aromatic rings. The van der Waals surface area contributed by atoms with Crippen LogP contribution in [0.1, 0.15) is 26.3 Å². The lowest BCUT2D eigenvalue weighted by atomic mass is 10.2. The van der Waals surface area contributed by atoms with Gasteiger partial charge in [0.1, 0.15) is 5.75 Å². The van der Waals surface area contributed by atoms with Crippen LogP contribution in [0.25, 0.3) is 0 Å². The molecular weight excluding hydrogens is 410 g/mol. The van der Waals surface area contributed by atoms with E-state index in [4.69, 9.17) is 4.74 Å². The first-order valence-corrected chi connectivity index (χ1v) is 8.72. The van der Waals surface area contributed by atoms with Crippen molar-refractivity contribution in [2.45, 2.75) is 0 Å². The third-order valence-corrected chi connectivity index (χ3v) is 4.00. The van der Waals surface area contributed by atoms with Gasteiger partial charge in [-0.3, -0.25) is 9.78 Å². The van der Waals surface area contributed by atoms with E-state index in [0.717, 1.165) is 10.0 Å². The van der Waals surface area contributed by atoms with Gasteiger partial charge in [-0.1, -0.05) is 15.9 Å². The van der Waals surface area contributed by atoms with Gasteiger partial charge in [0.15, 0.2) is 0 Å². The molecule has 7 heteroatoms. The van der Waals surface area contributed by atoms with Crippen LogP contribution in [0.5, 0.6) is 5.75 Å². The molecule has 1 N–H and O–H groups in total. The predicted molar refractivity (Wildman–Crippen MR) is 105 cm³/mol. The minimum Gasteiger partial charge on any atom is -0.423 e. The number of rotatable bonds is 5. The smallest absolute Gasteiger partial charge is 0.343 e. The van der Waals surface area contributed by atoms with Crippen LogP contribution in [0.15, 0.2) is 82.6 Å². The Morgan fingerprint density at radius 3 is 2.41 bits per heavy atom. The molecule has 6 nitrogen and oxygen atoms in total. The van der Waals surface area contributed by atoms with Crippen LogP contribution in [-0.4, -0.2) is 23.1 Å². The molecule has 0 radical (unpaired) electrons. The Morgan fingerprint density at radius 2 is 1.74 bits per heavy atom. The van der Waals surface area contributed by atoms with Crippen molar-refractivity contribution < 1.29 is 14.3 Å². The second kappa shape index (κ2) is 8.86. The van der Waals surface area contributed by atoms with Crippen molar-refractivity contribution in [2.75, 3.05) is 0 Å². The van der Waals surface area contributed by atoms with Gasteiger partial charge in [0.05, 0.1) is 17.3 Å². The number of pyridine rings is 1. The van der Waals surface area contributed by atoms with Crippen LogP contribution in [0.4, 0.5) is 0 Å². The van der Waals surface area contributed by atoms with E-state index in [0.29, 0.717) is 16.9 Å². The highest BCUT2D eigenvalue weighted by atomic mass is 79.9. The standard InChI is InChI=1S/C20H14BrN3O3/c21-17-7-5-15(6-8-17)20(26)27-18-9-3-14(4-10-18)12-23-24-19(25)16-2-1-11-22-13-16/h1-13H,(H,24,25)/b23-12+. The summed E-state index contributed by atoms with van der Waals surface area (Å²) in [6.45, 7) is 0. The van der Waals surface area contributed by atoms with Crippen LogP contribution in [0.3, 0.4) is 0 Å². The number of carbonyl (C=O) groups excluding carboxylic acids is 2. The summed E-state index contributed by atoms with van der Waals surface area (Å²) in [5, 5.41) is 3.90. The number of nitrogens with one attached hydrogen (secondary N) is 1. The number of benzene rings is 2. The van der Waals surface area contributed by atoms with Crippen molar-refractivity contribution in [3.8, 4) is 5.75 Å². The lowest BCUT2D eigenvalue weighted by Gasteiger charge is -2.04. The fourth-order valence-corrected chi connectivity index (χ4v) is 2.37. The zero-order chi connectivity index (χ0) is 19.1. The number of ether oxygens (including phenoxy) is 1. The van der Waals surface area contributed by atoms with Gasteiger partial charge in [0.2, 0.25) is 0 Å². The van der Waals surface area contributed by atoms with Crippen molar-refractivity contribution >= 4 is 34.0 Å². The molecule has 3 rings (SSSR count). The van der Waals surface area contributed by atoms with Crippen LogP contribution in [0.2, 0.25) is 0 Å². The molecule has 0 bridgehead atoms. The normalized spacial score (nSPS) is 10.6. The number of halogens is 1. The Labute approximate surface area is 164 Å². The lowest BCUT2D eigenvalue weighted by Crippen LogP contribution is -2.17. The maximum atomic E-state index is 12.1. The summed E-state index contributed by atoms with van der Waals surface area (Å²) >= 11 is 3.32. The Hall–Kier alpha value is -3.32. The molecule has 0 aliphatic rings. The zero-order valence-corrected chi connectivity index (χ0v) is 15.6. The van der Waals surface area contributed by atoms with Crippen molar-refractivity contribution in [2.24, 2.45) is 5.10 Å². The molecule has 134 valence electrons. The van der Waals surface area contributed by atoms with Gasteiger partial charge >= 0.3 is 5.97 Å². The number of hydrazone groups is 1. The average molecular weight is 424 g/mol. The number of nitrogens with zero attached hydrogens (tertiary/aromatic N) is 2. The SMILES string of the molecule is O=C(N/N=C/c1ccc(OC(=O)c2ccc(Br)cc2)cc1)c1cccnc1. The summed E-state index contributed by atoms with van der Waals surface area (Å²) in [6.07, 6.45) is 4.54. The molecule has 0 fully saturated rings. The number of esters is 1. The number of aromatic nitrogens is 1. The topological polar surface area (TPSA) is 80.6 Å². The Kier molecular flexibility index (Phi) is 6.06. The minimum atomic E-state index is -0.437. The molecule has 1 amide bonds. The van der Waals surface area contributed by atoms with Gasteiger partial charge in [-0.15, -0.1) is 0 Å². The van der Waals surface area contributed by atoms with E-state index >= 15 is 0 Å². The minimum absolute atomic E-state index is 0.348. The first-order chi connectivity index (χ1) is 13.1. The Bertz CT molecular complexity index is 956. The first-order valence-electron chi connectivity index (χ1n) is 7.93. The molecule has 0 atom stereocenters.